The average Bonchev–Trinajstić information content (AvgIpc) is 3.27. The Balaban J connectivity index is 1.42. The first-order chi connectivity index (χ1) is 16.9. The molecule has 13 heteroatoms. The molecule has 3 heterocycles. The smallest absolute Gasteiger partial charge is 0.414 e. The SMILES string of the molecule is COC(=O)NCC1CN(c2ccc(-c3ccc(N4C=NN(C(=O)CO)CC4)nc3)c(F)c2)C(=O)O1. The van der Waals surface area contributed by atoms with Gasteiger partial charge in [-0.15, -0.1) is 0 Å². The highest BCUT2D eigenvalue weighted by atomic mass is 19.1. The summed E-state index contributed by atoms with van der Waals surface area (Å²) < 4.78 is 24.6. The Morgan fingerprint density at radius 2 is 2.11 bits per heavy atom. The Morgan fingerprint density at radius 3 is 2.74 bits per heavy atom. The van der Waals surface area contributed by atoms with E-state index in [-0.39, 0.29) is 13.1 Å². The molecule has 0 radical (unpaired) electrons. The van der Waals surface area contributed by atoms with E-state index in [0.29, 0.717) is 35.7 Å². The lowest BCUT2D eigenvalue weighted by Gasteiger charge is -2.27. The molecule has 1 saturated heterocycles. The lowest BCUT2D eigenvalue weighted by molar-refractivity contribution is -0.134. The second-order valence-corrected chi connectivity index (χ2v) is 7.66. The fourth-order valence-corrected chi connectivity index (χ4v) is 3.62. The van der Waals surface area contributed by atoms with Gasteiger partial charge in [0.25, 0.3) is 5.91 Å². The van der Waals surface area contributed by atoms with Gasteiger partial charge in [0.2, 0.25) is 0 Å². The van der Waals surface area contributed by atoms with Crippen molar-refractivity contribution in [3.8, 4) is 11.1 Å². The number of amides is 3. The number of rotatable bonds is 6. The average molecular weight is 486 g/mol. The van der Waals surface area contributed by atoms with Crippen LogP contribution in [0.1, 0.15) is 0 Å². The summed E-state index contributed by atoms with van der Waals surface area (Å²) in [6, 6.07) is 7.81. The third kappa shape index (κ3) is 5.30. The molecule has 0 spiro atoms. The number of hydrazone groups is 1. The van der Waals surface area contributed by atoms with Gasteiger partial charge in [-0.3, -0.25) is 9.69 Å². The van der Waals surface area contributed by atoms with Crippen molar-refractivity contribution in [1.82, 2.24) is 15.3 Å². The lowest BCUT2D eigenvalue weighted by Crippen LogP contribution is -2.41. The molecule has 0 saturated carbocycles. The number of hydrogen-bond donors (Lipinski definition) is 2. The second kappa shape index (κ2) is 10.3. The first kappa shape index (κ1) is 23.9. The van der Waals surface area contributed by atoms with Crippen molar-refractivity contribution in [2.75, 3.05) is 49.7 Å². The maximum Gasteiger partial charge on any atom is 0.414 e. The number of alkyl carbamates (subject to hydrolysis) is 1. The van der Waals surface area contributed by atoms with Crippen LogP contribution in [0.3, 0.4) is 0 Å². The van der Waals surface area contributed by atoms with E-state index in [9.17, 15) is 18.8 Å². The van der Waals surface area contributed by atoms with Crippen LogP contribution in [0.2, 0.25) is 0 Å². The number of anilines is 2. The minimum Gasteiger partial charge on any atom is -0.453 e. The summed E-state index contributed by atoms with van der Waals surface area (Å²) in [5, 5.41) is 16.5. The molecular formula is C22H23FN6O6. The zero-order valence-electron chi connectivity index (χ0n) is 18.8. The van der Waals surface area contributed by atoms with E-state index >= 15 is 0 Å². The van der Waals surface area contributed by atoms with Crippen LogP contribution in [-0.2, 0) is 14.3 Å². The molecule has 35 heavy (non-hydrogen) atoms. The molecule has 0 bridgehead atoms. The molecule has 2 aliphatic rings. The third-order valence-electron chi connectivity index (χ3n) is 5.46. The van der Waals surface area contributed by atoms with E-state index in [4.69, 9.17) is 9.84 Å². The van der Waals surface area contributed by atoms with E-state index in [1.165, 1.54) is 35.6 Å². The van der Waals surface area contributed by atoms with Crippen molar-refractivity contribution in [2.24, 2.45) is 5.10 Å². The minimum atomic E-state index is -0.638. The van der Waals surface area contributed by atoms with Crippen molar-refractivity contribution >= 4 is 35.9 Å². The number of nitrogens with zero attached hydrogens (tertiary/aromatic N) is 5. The van der Waals surface area contributed by atoms with Gasteiger partial charge in [0.05, 0.1) is 32.4 Å². The summed E-state index contributed by atoms with van der Waals surface area (Å²) >= 11 is 0. The number of ether oxygens (including phenoxy) is 2. The minimum absolute atomic E-state index is 0.0744. The van der Waals surface area contributed by atoms with Crippen molar-refractivity contribution < 1.29 is 33.4 Å². The molecule has 1 atom stereocenters. The van der Waals surface area contributed by atoms with Gasteiger partial charge >= 0.3 is 12.2 Å². The number of benzene rings is 1. The molecule has 2 aromatic rings. The first-order valence-corrected chi connectivity index (χ1v) is 10.7. The molecule has 1 aromatic heterocycles. The van der Waals surface area contributed by atoms with E-state index in [1.54, 1.807) is 29.2 Å². The molecule has 4 rings (SSSR count). The highest BCUT2D eigenvalue weighted by molar-refractivity contribution is 5.90. The maximum atomic E-state index is 15.0. The van der Waals surface area contributed by atoms with E-state index < -0.39 is 36.6 Å². The summed E-state index contributed by atoms with van der Waals surface area (Å²) in [6.45, 7) is 0.350. The number of cyclic esters (lactones) is 1. The second-order valence-electron chi connectivity index (χ2n) is 7.66. The van der Waals surface area contributed by atoms with Gasteiger partial charge < -0.3 is 24.8 Å². The highest BCUT2D eigenvalue weighted by Crippen LogP contribution is 2.29. The predicted molar refractivity (Wildman–Crippen MR) is 122 cm³/mol. The third-order valence-corrected chi connectivity index (χ3v) is 5.46. The summed E-state index contributed by atoms with van der Waals surface area (Å²) in [5.74, 6) is -0.463. The Hall–Kier alpha value is -4.26. The quantitative estimate of drug-likeness (QED) is 0.621. The summed E-state index contributed by atoms with van der Waals surface area (Å²) in [5.41, 5.74) is 1.16. The monoisotopic (exact) mass is 486 g/mol. The van der Waals surface area contributed by atoms with Gasteiger partial charge in [0.15, 0.2) is 0 Å². The Morgan fingerprint density at radius 1 is 1.29 bits per heavy atom. The van der Waals surface area contributed by atoms with Crippen LogP contribution < -0.4 is 15.1 Å². The van der Waals surface area contributed by atoms with Crippen molar-refractivity contribution in [3.05, 3.63) is 42.3 Å². The van der Waals surface area contributed by atoms with Crippen molar-refractivity contribution in [1.29, 1.82) is 0 Å². The Bertz CT molecular complexity index is 1140. The van der Waals surface area contributed by atoms with Gasteiger partial charge in [-0.25, -0.2) is 24.0 Å². The number of carbonyl (C=O) groups is 3. The molecule has 1 aromatic carbocycles. The molecule has 2 N–H and O–H groups in total. The van der Waals surface area contributed by atoms with Gasteiger partial charge in [-0.05, 0) is 30.3 Å². The number of aliphatic hydroxyl groups excluding tert-OH is 1. The summed E-state index contributed by atoms with van der Waals surface area (Å²) in [7, 11) is 1.23. The number of pyridine rings is 1. The molecule has 184 valence electrons. The fraction of sp³-hybridized carbons (Fsp3) is 0.318. The van der Waals surface area contributed by atoms with Gasteiger partial charge in [-0.2, -0.15) is 5.10 Å². The maximum absolute atomic E-state index is 15.0. The normalized spacial score (nSPS) is 17.4. The van der Waals surface area contributed by atoms with Crippen LogP contribution in [0, 0.1) is 5.82 Å². The van der Waals surface area contributed by atoms with Crippen LogP contribution in [0.25, 0.3) is 11.1 Å². The molecule has 3 amide bonds. The van der Waals surface area contributed by atoms with Crippen molar-refractivity contribution in [2.45, 2.75) is 6.10 Å². The highest BCUT2D eigenvalue weighted by Gasteiger charge is 2.33. The molecule has 0 aliphatic carbocycles. The summed E-state index contributed by atoms with van der Waals surface area (Å²) in [4.78, 5) is 42.3. The van der Waals surface area contributed by atoms with Gasteiger partial charge in [-0.1, -0.05) is 0 Å². The number of halogens is 1. The molecule has 12 nitrogen and oxygen atoms in total. The number of hydrogen-bond acceptors (Lipinski definition) is 9. The van der Waals surface area contributed by atoms with Crippen LogP contribution in [0.15, 0.2) is 41.6 Å². The predicted octanol–water partition coefficient (Wildman–Crippen LogP) is 1.15. The molecule has 1 unspecified atom stereocenters. The Kier molecular flexibility index (Phi) is 7.06. The zero-order chi connectivity index (χ0) is 24.9. The van der Waals surface area contributed by atoms with E-state index in [1.807, 2.05) is 0 Å². The van der Waals surface area contributed by atoms with Crippen LogP contribution in [0.4, 0.5) is 25.5 Å². The number of nitrogens with one attached hydrogen (secondary N) is 1. The molecule has 1 fully saturated rings. The van der Waals surface area contributed by atoms with Crippen molar-refractivity contribution in [3.63, 3.8) is 0 Å². The fourth-order valence-electron chi connectivity index (χ4n) is 3.62. The Labute approximate surface area is 199 Å². The number of aromatic nitrogens is 1. The van der Waals surface area contributed by atoms with Gasteiger partial charge in [0.1, 0.15) is 30.7 Å². The largest absolute Gasteiger partial charge is 0.453 e. The number of aliphatic hydroxyl groups is 1. The van der Waals surface area contributed by atoms with Crippen LogP contribution >= 0.6 is 0 Å². The standard InChI is InChI=1S/C22H23FN6O6/c1-34-21(32)25-10-16-11-28(22(33)35-16)15-3-4-17(18(23)8-15)14-2-5-19(24-9-14)27-6-7-29(26-13-27)20(31)12-30/h2-5,8-9,13,16,30H,6-7,10-12H2,1H3,(H,25,32). The van der Waals surface area contributed by atoms with Crippen LogP contribution in [-0.4, -0.2) is 85.5 Å². The molecular weight excluding hydrogens is 463 g/mol. The lowest BCUT2D eigenvalue weighted by atomic mass is 10.1. The van der Waals surface area contributed by atoms with Crippen LogP contribution in [0.5, 0.6) is 0 Å². The first-order valence-electron chi connectivity index (χ1n) is 10.7. The zero-order valence-corrected chi connectivity index (χ0v) is 18.8. The molecule has 2 aliphatic heterocycles. The van der Waals surface area contributed by atoms with E-state index in [2.05, 4.69) is 20.1 Å². The number of carbonyl (C=O) groups excluding carboxylic acids is 3. The van der Waals surface area contributed by atoms with Gasteiger partial charge in [0, 0.05) is 23.9 Å². The van der Waals surface area contributed by atoms with E-state index in [0.717, 1.165) is 0 Å². The summed E-state index contributed by atoms with van der Waals surface area (Å²) in [6.07, 6.45) is 1.10. The topological polar surface area (TPSA) is 137 Å². The number of methoxy groups -OCH3 is 1.